The Morgan fingerprint density at radius 3 is 3.08 bits per heavy atom. The molecule has 0 fully saturated rings. The zero-order chi connectivity index (χ0) is 17.6. The summed E-state index contributed by atoms with van der Waals surface area (Å²) in [6, 6.07) is 7.90. The molecule has 0 spiro atoms. The minimum Gasteiger partial charge on any atom is -0.355 e. The lowest BCUT2D eigenvalue weighted by molar-refractivity contribution is -0.120. The highest BCUT2D eigenvalue weighted by molar-refractivity contribution is 8.00. The van der Waals surface area contributed by atoms with Crippen LogP contribution in [0.5, 0.6) is 0 Å². The average molecular weight is 374 g/mol. The molecular weight excluding hydrogens is 356 g/mol. The molecule has 130 valence electrons. The van der Waals surface area contributed by atoms with E-state index in [0.29, 0.717) is 11.7 Å². The first kappa shape index (κ1) is 17.6. The monoisotopic (exact) mass is 374 g/mol. The van der Waals surface area contributed by atoms with E-state index in [-0.39, 0.29) is 11.2 Å². The number of aryl methyl sites for hydroxylation is 1. The Hall–Kier alpha value is -2.26. The van der Waals surface area contributed by atoms with Gasteiger partial charge >= 0.3 is 0 Å². The number of nitrogens with zero attached hydrogens (tertiary/aromatic N) is 5. The largest absolute Gasteiger partial charge is 0.355 e. The highest BCUT2D eigenvalue weighted by Crippen LogP contribution is 2.23. The lowest BCUT2D eigenvalue weighted by Crippen LogP contribution is -2.32. The molecule has 1 amide bonds. The second-order valence-electron chi connectivity index (χ2n) is 5.49. The van der Waals surface area contributed by atoms with Crippen LogP contribution in [-0.4, -0.2) is 42.9 Å². The Balaban J connectivity index is 1.58. The van der Waals surface area contributed by atoms with E-state index in [1.54, 1.807) is 21.5 Å². The lowest BCUT2D eigenvalue weighted by Gasteiger charge is -2.11. The fraction of sp³-hybridized carbons (Fsp3) is 0.312. The van der Waals surface area contributed by atoms with Gasteiger partial charge in [-0.1, -0.05) is 23.9 Å². The van der Waals surface area contributed by atoms with Gasteiger partial charge in [-0.3, -0.25) is 4.79 Å². The van der Waals surface area contributed by atoms with Crippen molar-refractivity contribution in [3.05, 3.63) is 46.4 Å². The number of hydrogen-bond acceptors (Lipinski definition) is 7. The zero-order valence-corrected chi connectivity index (χ0v) is 15.5. The Labute approximate surface area is 153 Å². The maximum Gasteiger partial charge on any atom is 0.233 e. The molecule has 1 atom stereocenters. The van der Waals surface area contributed by atoms with Crippen LogP contribution in [-0.2, 0) is 11.2 Å². The van der Waals surface area contributed by atoms with Crippen LogP contribution in [0.2, 0.25) is 0 Å². The molecule has 0 radical (unpaired) electrons. The fourth-order valence-corrected chi connectivity index (χ4v) is 3.63. The van der Waals surface area contributed by atoms with Crippen LogP contribution < -0.4 is 5.32 Å². The molecule has 1 N–H and O–H groups in total. The van der Waals surface area contributed by atoms with E-state index in [4.69, 9.17) is 0 Å². The third kappa shape index (κ3) is 4.64. The summed E-state index contributed by atoms with van der Waals surface area (Å²) in [5.74, 6) is -0.0426. The van der Waals surface area contributed by atoms with Gasteiger partial charge in [0.25, 0.3) is 0 Å². The molecular formula is C16H18N6OS2. The van der Waals surface area contributed by atoms with Crippen LogP contribution in [0.4, 0.5) is 0 Å². The average Bonchev–Trinajstić information content (AvgIpc) is 3.26. The van der Waals surface area contributed by atoms with Gasteiger partial charge in [0.05, 0.1) is 22.1 Å². The standard InChI is InChI=1S/C16H18N6OS2/c1-11-4-3-5-14(8-11)22-16(19-20-21-22)25-12(2)15(23)17-7-6-13-9-24-10-18-13/h3-5,8-10,12H,6-7H2,1-2H3,(H,17,23)/t12-/m1/s1. The quantitative estimate of drug-likeness (QED) is 0.639. The molecule has 0 bridgehead atoms. The topological polar surface area (TPSA) is 85.6 Å². The number of amides is 1. The second kappa shape index (κ2) is 8.21. The summed E-state index contributed by atoms with van der Waals surface area (Å²) in [7, 11) is 0. The van der Waals surface area contributed by atoms with E-state index in [1.165, 1.54) is 11.8 Å². The Bertz CT molecular complexity index is 833. The van der Waals surface area contributed by atoms with Crippen molar-refractivity contribution < 1.29 is 4.79 Å². The van der Waals surface area contributed by atoms with Crippen LogP contribution in [0, 0.1) is 6.92 Å². The van der Waals surface area contributed by atoms with Crippen molar-refractivity contribution in [1.82, 2.24) is 30.5 Å². The molecule has 9 heteroatoms. The number of aromatic nitrogens is 5. The highest BCUT2D eigenvalue weighted by atomic mass is 32.2. The SMILES string of the molecule is Cc1cccc(-n2nnnc2S[C@H](C)C(=O)NCCc2cscn2)c1. The van der Waals surface area contributed by atoms with Crippen molar-refractivity contribution in [2.45, 2.75) is 30.7 Å². The van der Waals surface area contributed by atoms with Gasteiger partial charge in [0.1, 0.15) is 0 Å². The molecule has 0 saturated heterocycles. The van der Waals surface area contributed by atoms with E-state index < -0.39 is 0 Å². The van der Waals surface area contributed by atoms with Gasteiger partial charge in [0, 0.05) is 18.3 Å². The van der Waals surface area contributed by atoms with Crippen LogP contribution >= 0.6 is 23.1 Å². The first-order valence-corrected chi connectivity index (χ1v) is 9.62. The van der Waals surface area contributed by atoms with Crippen LogP contribution in [0.1, 0.15) is 18.2 Å². The minimum absolute atomic E-state index is 0.0426. The highest BCUT2D eigenvalue weighted by Gasteiger charge is 2.19. The first-order valence-electron chi connectivity index (χ1n) is 7.80. The molecule has 2 heterocycles. The van der Waals surface area contributed by atoms with Crippen molar-refractivity contribution in [2.75, 3.05) is 6.54 Å². The molecule has 3 rings (SSSR count). The maximum absolute atomic E-state index is 12.3. The van der Waals surface area contributed by atoms with Gasteiger partial charge in [0.2, 0.25) is 11.1 Å². The van der Waals surface area contributed by atoms with Gasteiger partial charge in [0.15, 0.2) is 0 Å². The molecule has 7 nitrogen and oxygen atoms in total. The smallest absolute Gasteiger partial charge is 0.233 e. The summed E-state index contributed by atoms with van der Waals surface area (Å²) in [5.41, 5.74) is 4.79. The van der Waals surface area contributed by atoms with Crippen molar-refractivity contribution >= 4 is 29.0 Å². The predicted octanol–water partition coefficient (Wildman–Crippen LogP) is 2.27. The molecule has 25 heavy (non-hydrogen) atoms. The molecule has 0 aliphatic carbocycles. The van der Waals surface area contributed by atoms with E-state index in [0.717, 1.165) is 23.4 Å². The lowest BCUT2D eigenvalue weighted by atomic mass is 10.2. The van der Waals surface area contributed by atoms with Crippen molar-refractivity contribution in [3.8, 4) is 5.69 Å². The second-order valence-corrected chi connectivity index (χ2v) is 7.52. The number of thiazole rings is 1. The van der Waals surface area contributed by atoms with Gasteiger partial charge in [-0.25, -0.2) is 4.98 Å². The molecule has 0 saturated carbocycles. The molecule has 1 aromatic carbocycles. The van der Waals surface area contributed by atoms with E-state index in [1.807, 2.05) is 43.5 Å². The summed E-state index contributed by atoms with van der Waals surface area (Å²) in [6.45, 7) is 4.42. The summed E-state index contributed by atoms with van der Waals surface area (Å²) in [6.07, 6.45) is 0.730. The third-order valence-electron chi connectivity index (χ3n) is 3.50. The van der Waals surface area contributed by atoms with E-state index in [9.17, 15) is 4.79 Å². The zero-order valence-electron chi connectivity index (χ0n) is 13.9. The van der Waals surface area contributed by atoms with Gasteiger partial charge in [-0.2, -0.15) is 4.68 Å². The van der Waals surface area contributed by atoms with Crippen LogP contribution in [0.3, 0.4) is 0 Å². The van der Waals surface area contributed by atoms with Crippen molar-refractivity contribution in [3.63, 3.8) is 0 Å². The number of nitrogens with one attached hydrogen (secondary N) is 1. The normalized spacial score (nSPS) is 12.1. The number of carbonyl (C=O) groups is 1. The Kier molecular flexibility index (Phi) is 5.77. The maximum atomic E-state index is 12.3. The number of benzene rings is 1. The van der Waals surface area contributed by atoms with Gasteiger partial charge < -0.3 is 5.32 Å². The number of tetrazole rings is 1. The van der Waals surface area contributed by atoms with E-state index >= 15 is 0 Å². The molecule has 0 unspecified atom stereocenters. The Morgan fingerprint density at radius 1 is 1.44 bits per heavy atom. The van der Waals surface area contributed by atoms with Crippen LogP contribution in [0.25, 0.3) is 5.69 Å². The van der Waals surface area contributed by atoms with Gasteiger partial charge in [-0.05, 0) is 42.0 Å². The van der Waals surface area contributed by atoms with E-state index in [2.05, 4.69) is 25.8 Å². The molecule has 0 aliphatic heterocycles. The van der Waals surface area contributed by atoms with Gasteiger partial charge in [-0.15, -0.1) is 16.4 Å². The first-order chi connectivity index (χ1) is 12.1. The molecule has 2 aromatic heterocycles. The summed E-state index contributed by atoms with van der Waals surface area (Å²) in [4.78, 5) is 16.5. The van der Waals surface area contributed by atoms with Crippen molar-refractivity contribution in [1.29, 1.82) is 0 Å². The number of thioether (sulfide) groups is 1. The summed E-state index contributed by atoms with van der Waals surface area (Å²) in [5, 5.41) is 17.0. The molecule has 3 aromatic rings. The molecule has 0 aliphatic rings. The number of carbonyl (C=O) groups excluding carboxylic acids is 1. The third-order valence-corrected chi connectivity index (χ3v) is 5.17. The summed E-state index contributed by atoms with van der Waals surface area (Å²) < 4.78 is 1.65. The van der Waals surface area contributed by atoms with Crippen LogP contribution in [0.15, 0.2) is 40.3 Å². The van der Waals surface area contributed by atoms with Crippen molar-refractivity contribution in [2.24, 2.45) is 0 Å². The number of rotatable bonds is 7. The Morgan fingerprint density at radius 2 is 2.32 bits per heavy atom. The summed E-state index contributed by atoms with van der Waals surface area (Å²) >= 11 is 2.89. The minimum atomic E-state index is -0.301. The predicted molar refractivity (Wildman–Crippen MR) is 98.0 cm³/mol. The fourth-order valence-electron chi connectivity index (χ4n) is 2.20. The number of hydrogen-bond donors (Lipinski definition) is 1.